The second kappa shape index (κ2) is 5.09. The summed E-state index contributed by atoms with van der Waals surface area (Å²) in [7, 11) is 0. The predicted octanol–water partition coefficient (Wildman–Crippen LogP) is 2.45. The molecule has 0 saturated carbocycles. The number of para-hydroxylation sites is 1. The van der Waals surface area contributed by atoms with Gasteiger partial charge in [-0.1, -0.05) is 18.2 Å². The molecule has 2 N–H and O–H groups in total. The van der Waals surface area contributed by atoms with Gasteiger partial charge in [0.15, 0.2) is 0 Å². The summed E-state index contributed by atoms with van der Waals surface area (Å²) in [4.78, 5) is 4.36. The molecular weight excluding hydrogens is 220 g/mol. The number of aromatic nitrogens is 1. The van der Waals surface area contributed by atoms with Gasteiger partial charge in [-0.15, -0.1) is 11.3 Å². The molecule has 0 aliphatic rings. The second-order valence-electron chi connectivity index (χ2n) is 3.59. The first kappa shape index (κ1) is 11.1. The van der Waals surface area contributed by atoms with E-state index >= 15 is 0 Å². The first-order valence-electron chi connectivity index (χ1n) is 5.14. The van der Waals surface area contributed by atoms with Crippen LogP contribution >= 0.6 is 11.3 Å². The molecule has 3 nitrogen and oxygen atoms in total. The summed E-state index contributed by atoms with van der Waals surface area (Å²) in [6.45, 7) is 3.39. The molecule has 16 heavy (non-hydrogen) atoms. The number of thiazole rings is 1. The van der Waals surface area contributed by atoms with Gasteiger partial charge in [-0.3, -0.25) is 0 Å². The summed E-state index contributed by atoms with van der Waals surface area (Å²) >= 11 is 1.65. The first-order valence-corrected chi connectivity index (χ1v) is 6.02. The lowest BCUT2D eigenvalue weighted by molar-refractivity contribution is 0.464. The van der Waals surface area contributed by atoms with E-state index in [2.05, 4.69) is 10.3 Å². The number of aromatic hydroxyl groups is 1. The minimum atomic E-state index is 0.337. The van der Waals surface area contributed by atoms with E-state index in [9.17, 15) is 5.11 Å². The van der Waals surface area contributed by atoms with Crippen molar-refractivity contribution in [1.29, 1.82) is 0 Å². The second-order valence-corrected chi connectivity index (χ2v) is 4.65. The maximum Gasteiger partial charge on any atom is 0.120 e. The van der Waals surface area contributed by atoms with Gasteiger partial charge in [-0.2, -0.15) is 0 Å². The van der Waals surface area contributed by atoms with Gasteiger partial charge in [0.05, 0.1) is 10.7 Å². The van der Waals surface area contributed by atoms with E-state index < -0.39 is 0 Å². The molecule has 4 heteroatoms. The summed E-state index contributed by atoms with van der Waals surface area (Å²) < 4.78 is 0. The van der Waals surface area contributed by atoms with Gasteiger partial charge in [0.1, 0.15) is 5.75 Å². The van der Waals surface area contributed by atoms with Gasteiger partial charge in [-0.05, 0) is 13.0 Å². The van der Waals surface area contributed by atoms with Crippen molar-refractivity contribution < 1.29 is 5.11 Å². The molecule has 0 bridgehead atoms. The Hall–Kier alpha value is -1.39. The van der Waals surface area contributed by atoms with Crippen LogP contribution in [0.4, 0.5) is 0 Å². The smallest absolute Gasteiger partial charge is 0.120 e. The topological polar surface area (TPSA) is 45.2 Å². The van der Waals surface area contributed by atoms with Gasteiger partial charge in [0.25, 0.3) is 0 Å². The Balaban J connectivity index is 1.87. The average Bonchev–Trinajstić information content (AvgIpc) is 2.67. The fourth-order valence-electron chi connectivity index (χ4n) is 1.47. The molecule has 2 aromatic rings. The molecule has 0 radical (unpaired) electrons. The Kier molecular flexibility index (Phi) is 3.54. The zero-order valence-electron chi connectivity index (χ0n) is 9.10. The summed E-state index contributed by atoms with van der Waals surface area (Å²) in [5.41, 5.74) is 1.97. The maximum absolute atomic E-state index is 9.56. The molecule has 0 unspecified atom stereocenters. The largest absolute Gasteiger partial charge is 0.508 e. The van der Waals surface area contributed by atoms with Crippen molar-refractivity contribution in [2.75, 3.05) is 0 Å². The normalized spacial score (nSPS) is 10.6. The molecule has 0 aliphatic heterocycles. The summed E-state index contributed by atoms with van der Waals surface area (Å²) in [6, 6.07) is 7.35. The van der Waals surface area contributed by atoms with Gasteiger partial charge in [-0.25, -0.2) is 4.98 Å². The summed E-state index contributed by atoms with van der Waals surface area (Å²) in [5, 5.41) is 15.9. The van der Waals surface area contributed by atoms with Gasteiger partial charge in [0, 0.05) is 24.0 Å². The van der Waals surface area contributed by atoms with Crippen LogP contribution < -0.4 is 5.32 Å². The van der Waals surface area contributed by atoms with Gasteiger partial charge < -0.3 is 10.4 Å². The Bertz CT molecular complexity index is 468. The first-order chi connectivity index (χ1) is 7.75. The number of phenols is 1. The highest BCUT2D eigenvalue weighted by molar-refractivity contribution is 7.09. The van der Waals surface area contributed by atoms with Crippen molar-refractivity contribution in [1.82, 2.24) is 10.3 Å². The fourth-order valence-corrected chi connectivity index (χ4v) is 2.09. The Labute approximate surface area is 98.8 Å². The zero-order chi connectivity index (χ0) is 11.4. The average molecular weight is 234 g/mol. The van der Waals surface area contributed by atoms with Crippen LogP contribution in [0.3, 0.4) is 0 Å². The molecular formula is C12H14N2OS. The standard InChI is InChI=1S/C12H14N2OS/c1-9-14-11(8-16-9)7-13-6-10-4-2-3-5-12(10)15/h2-5,8,13,15H,6-7H2,1H3. The highest BCUT2D eigenvalue weighted by Gasteiger charge is 2.00. The van der Waals surface area contributed by atoms with Gasteiger partial charge in [0.2, 0.25) is 0 Å². The van der Waals surface area contributed by atoms with Crippen LogP contribution in [0, 0.1) is 6.92 Å². The lowest BCUT2D eigenvalue weighted by Crippen LogP contribution is -2.12. The number of hydrogen-bond donors (Lipinski definition) is 2. The Morgan fingerprint density at radius 1 is 1.31 bits per heavy atom. The monoisotopic (exact) mass is 234 g/mol. The van der Waals surface area contributed by atoms with Crippen LogP contribution in [0.1, 0.15) is 16.3 Å². The minimum absolute atomic E-state index is 0.337. The minimum Gasteiger partial charge on any atom is -0.508 e. The molecule has 84 valence electrons. The van der Waals surface area contributed by atoms with E-state index in [4.69, 9.17) is 0 Å². The highest BCUT2D eigenvalue weighted by Crippen LogP contribution is 2.15. The molecule has 0 atom stereocenters. The van der Waals surface area contributed by atoms with Crippen molar-refractivity contribution in [3.8, 4) is 5.75 Å². The number of rotatable bonds is 4. The summed E-state index contributed by atoms with van der Waals surface area (Å²) in [6.07, 6.45) is 0. The Morgan fingerprint density at radius 2 is 2.12 bits per heavy atom. The lowest BCUT2D eigenvalue weighted by atomic mass is 10.2. The highest BCUT2D eigenvalue weighted by atomic mass is 32.1. The van der Waals surface area contributed by atoms with Crippen LogP contribution in [0.15, 0.2) is 29.6 Å². The van der Waals surface area contributed by atoms with Crippen molar-refractivity contribution in [3.63, 3.8) is 0 Å². The van der Waals surface area contributed by atoms with E-state index in [0.717, 1.165) is 22.8 Å². The fraction of sp³-hybridized carbons (Fsp3) is 0.250. The third-order valence-electron chi connectivity index (χ3n) is 2.28. The number of hydrogen-bond acceptors (Lipinski definition) is 4. The van der Waals surface area contributed by atoms with Crippen LogP contribution in [0.2, 0.25) is 0 Å². The van der Waals surface area contributed by atoms with Crippen molar-refractivity contribution in [3.05, 3.63) is 45.9 Å². The van der Waals surface area contributed by atoms with E-state index in [-0.39, 0.29) is 0 Å². The third-order valence-corrected chi connectivity index (χ3v) is 3.10. The molecule has 1 heterocycles. The van der Waals surface area contributed by atoms with E-state index in [0.29, 0.717) is 12.3 Å². The Morgan fingerprint density at radius 3 is 2.81 bits per heavy atom. The number of nitrogens with one attached hydrogen (secondary N) is 1. The molecule has 1 aromatic heterocycles. The predicted molar refractivity (Wildman–Crippen MR) is 65.5 cm³/mol. The maximum atomic E-state index is 9.56. The van der Waals surface area contributed by atoms with Crippen molar-refractivity contribution in [2.24, 2.45) is 0 Å². The lowest BCUT2D eigenvalue weighted by Gasteiger charge is -2.04. The van der Waals surface area contributed by atoms with E-state index in [1.54, 1.807) is 17.4 Å². The van der Waals surface area contributed by atoms with Crippen molar-refractivity contribution >= 4 is 11.3 Å². The molecule has 0 saturated heterocycles. The number of nitrogens with zero attached hydrogens (tertiary/aromatic N) is 1. The molecule has 0 spiro atoms. The quantitative estimate of drug-likeness (QED) is 0.854. The number of phenolic OH excluding ortho intramolecular Hbond substituents is 1. The van der Waals surface area contributed by atoms with Crippen LogP contribution in [0.25, 0.3) is 0 Å². The number of benzene rings is 1. The van der Waals surface area contributed by atoms with E-state index in [1.165, 1.54) is 0 Å². The number of aryl methyl sites for hydroxylation is 1. The molecule has 0 fully saturated rings. The molecule has 1 aromatic carbocycles. The van der Waals surface area contributed by atoms with Crippen molar-refractivity contribution in [2.45, 2.75) is 20.0 Å². The van der Waals surface area contributed by atoms with Crippen LogP contribution in [0.5, 0.6) is 5.75 Å². The zero-order valence-corrected chi connectivity index (χ0v) is 9.92. The molecule has 0 aliphatic carbocycles. The molecule has 0 amide bonds. The third kappa shape index (κ3) is 2.81. The van der Waals surface area contributed by atoms with Crippen LogP contribution in [-0.2, 0) is 13.1 Å². The SMILES string of the molecule is Cc1nc(CNCc2ccccc2O)cs1. The summed E-state index contributed by atoms with van der Waals surface area (Å²) in [5.74, 6) is 0.337. The van der Waals surface area contributed by atoms with Gasteiger partial charge >= 0.3 is 0 Å². The van der Waals surface area contributed by atoms with E-state index in [1.807, 2.05) is 30.5 Å². The molecule has 2 rings (SSSR count). The van der Waals surface area contributed by atoms with Crippen LogP contribution in [-0.4, -0.2) is 10.1 Å².